The highest BCUT2D eigenvalue weighted by Crippen LogP contribution is 2.35. The van der Waals surface area contributed by atoms with Crippen LogP contribution in [0.25, 0.3) is 0 Å². The van der Waals surface area contributed by atoms with Crippen LogP contribution < -0.4 is 0 Å². The van der Waals surface area contributed by atoms with E-state index in [1.54, 1.807) is 6.08 Å². The number of hydrogen-bond donors (Lipinski definition) is 2. The van der Waals surface area contributed by atoms with Gasteiger partial charge in [0.15, 0.2) is 0 Å². The minimum absolute atomic E-state index is 0.0839. The van der Waals surface area contributed by atoms with Crippen LogP contribution in [-0.2, 0) is 23.7 Å². The summed E-state index contributed by atoms with van der Waals surface area (Å²) in [4.78, 5) is 12.7. The number of ether oxygens (including phenoxy) is 4. The monoisotopic (exact) mass is 530 g/mol. The summed E-state index contributed by atoms with van der Waals surface area (Å²) in [5, 5.41) is 21.8. The van der Waals surface area contributed by atoms with Gasteiger partial charge in [-0.2, -0.15) is 0 Å². The molecule has 2 bridgehead atoms. The Morgan fingerprint density at radius 3 is 2.68 bits per heavy atom. The van der Waals surface area contributed by atoms with E-state index in [1.165, 1.54) is 11.6 Å². The molecule has 4 aliphatic rings. The van der Waals surface area contributed by atoms with Crippen LogP contribution in [0.1, 0.15) is 78.1 Å². The number of carbonyl (C=O) groups excluding carboxylic acids is 1. The maximum absolute atomic E-state index is 12.7. The molecule has 0 aromatic heterocycles. The summed E-state index contributed by atoms with van der Waals surface area (Å²) >= 11 is 0. The van der Waals surface area contributed by atoms with Crippen molar-refractivity contribution in [1.82, 2.24) is 0 Å². The third kappa shape index (κ3) is 9.16. The molecular formula is C31H46O7. The van der Waals surface area contributed by atoms with E-state index in [9.17, 15) is 15.0 Å². The van der Waals surface area contributed by atoms with Gasteiger partial charge >= 0.3 is 5.97 Å². The fourth-order valence-corrected chi connectivity index (χ4v) is 5.95. The average Bonchev–Trinajstić information content (AvgIpc) is 3.65. The molecular weight excluding hydrogens is 484 g/mol. The van der Waals surface area contributed by atoms with Crippen molar-refractivity contribution < 1.29 is 34.0 Å². The van der Waals surface area contributed by atoms with Crippen LogP contribution in [0.2, 0.25) is 0 Å². The van der Waals surface area contributed by atoms with Gasteiger partial charge in [0.1, 0.15) is 18.3 Å². The van der Waals surface area contributed by atoms with Gasteiger partial charge < -0.3 is 29.2 Å². The van der Waals surface area contributed by atoms with Crippen molar-refractivity contribution >= 4 is 5.97 Å². The summed E-state index contributed by atoms with van der Waals surface area (Å²) in [6, 6.07) is 0. The van der Waals surface area contributed by atoms with Gasteiger partial charge in [0.2, 0.25) is 0 Å². The molecule has 2 N–H and O–H groups in total. The van der Waals surface area contributed by atoms with Crippen molar-refractivity contribution in [3.05, 3.63) is 48.1 Å². The van der Waals surface area contributed by atoms with Gasteiger partial charge in [-0.05, 0) is 57.8 Å². The quantitative estimate of drug-likeness (QED) is 0.310. The molecule has 0 spiro atoms. The van der Waals surface area contributed by atoms with Gasteiger partial charge in [-0.15, -0.1) is 0 Å². The molecule has 0 amide bonds. The van der Waals surface area contributed by atoms with Crippen LogP contribution in [-0.4, -0.2) is 71.6 Å². The fourth-order valence-electron chi connectivity index (χ4n) is 5.95. The van der Waals surface area contributed by atoms with Crippen LogP contribution in [0.3, 0.4) is 0 Å². The van der Waals surface area contributed by atoms with E-state index >= 15 is 0 Å². The predicted octanol–water partition coefficient (Wildman–Crippen LogP) is 4.72. The van der Waals surface area contributed by atoms with E-state index in [4.69, 9.17) is 18.9 Å². The molecule has 0 saturated carbocycles. The molecule has 38 heavy (non-hydrogen) atoms. The average molecular weight is 531 g/mol. The molecule has 212 valence electrons. The third-order valence-electron chi connectivity index (χ3n) is 8.04. The number of aliphatic hydroxyl groups is 2. The van der Waals surface area contributed by atoms with E-state index < -0.39 is 24.3 Å². The highest BCUT2D eigenvalue weighted by molar-refractivity contribution is 5.82. The van der Waals surface area contributed by atoms with Crippen LogP contribution in [0.4, 0.5) is 0 Å². The Balaban J connectivity index is 1.45. The van der Waals surface area contributed by atoms with Gasteiger partial charge in [0.05, 0.1) is 37.1 Å². The predicted molar refractivity (Wildman–Crippen MR) is 145 cm³/mol. The number of epoxide rings is 1. The molecule has 0 radical (unpaired) electrons. The van der Waals surface area contributed by atoms with Crippen molar-refractivity contribution in [2.24, 2.45) is 5.92 Å². The molecule has 2 saturated heterocycles. The first kappa shape index (κ1) is 29.2. The minimum atomic E-state index is -1.02. The van der Waals surface area contributed by atoms with Gasteiger partial charge in [0.25, 0.3) is 0 Å². The first-order chi connectivity index (χ1) is 18.3. The van der Waals surface area contributed by atoms with E-state index in [1.807, 2.05) is 18.2 Å². The number of esters is 1. The zero-order valence-electron chi connectivity index (χ0n) is 23.0. The molecule has 0 aromatic carbocycles. The number of rotatable bonds is 3. The molecule has 2 fully saturated rings. The Bertz CT molecular complexity index is 893. The van der Waals surface area contributed by atoms with Gasteiger partial charge in [-0.1, -0.05) is 61.8 Å². The Labute approximate surface area is 227 Å². The molecule has 4 aliphatic heterocycles. The Morgan fingerprint density at radius 2 is 1.89 bits per heavy atom. The maximum atomic E-state index is 12.7. The lowest BCUT2D eigenvalue weighted by Crippen LogP contribution is -2.32. The molecule has 0 aliphatic carbocycles. The number of fused-ring (bicyclic) bond motifs is 3. The second-order valence-corrected chi connectivity index (χ2v) is 11.7. The fraction of sp³-hybridized carbons (Fsp3) is 0.710. The summed E-state index contributed by atoms with van der Waals surface area (Å²) < 4.78 is 23.6. The van der Waals surface area contributed by atoms with Gasteiger partial charge in [-0.25, -0.2) is 4.79 Å². The van der Waals surface area contributed by atoms with Crippen molar-refractivity contribution in [2.45, 2.75) is 127 Å². The van der Waals surface area contributed by atoms with E-state index in [0.717, 1.165) is 50.5 Å². The number of carbonyl (C=O) groups is 1. The first-order valence-corrected chi connectivity index (χ1v) is 14.4. The summed E-state index contributed by atoms with van der Waals surface area (Å²) in [6.45, 7) is 9.05. The molecule has 7 nitrogen and oxygen atoms in total. The van der Waals surface area contributed by atoms with Crippen LogP contribution >= 0.6 is 0 Å². The first-order valence-electron chi connectivity index (χ1n) is 14.4. The molecule has 0 aromatic rings. The number of hydrogen-bond acceptors (Lipinski definition) is 7. The standard InChI is InChI=1S/C31H46O7/c1-20-13-14-35-24(16-20)11-12-26(32)28-19-29-31(38-29)27(33)18-22(3)15-21(2)17-25-8-5-4-7-23(36-25)9-6-10-30(34)37-28/h6,10-13,21,23-29,31-33H,3-5,7-9,14-19H2,1-2H3/t21-,23-,24+,25-,26-,27-,28-,29-,31-/m0/s1. The normalized spacial score (nSPS) is 38.8. The smallest absolute Gasteiger partial charge is 0.330 e. The van der Waals surface area contributed by atoms with E-state index in [0.29, 0.717) is 31.8 Å². The molecule has 9 atom stereocenters. The zero-order chi connectivity index (χ0) is 27.1. The van der Waals surface area contributed by atoms with Crippen molar-refractivity contribution in [3.8, 4) is 0 Å². The van der Waals surface area contributed by atoms with E-state index in [2.05, 4.69) is 20.4 Å². The maximum Gasteiger partial charge on any atom is 0.330 e. The number of cyclic esters (lactones) is 1. The van der Waals surface area contributed by atoms with Crippen LogP contribution in [0, 0.1) is 5.92 Å². The number of aliphatic hydroxyl groups excluding tert-OH is 2. The van der Waals surface area contributed by atoms with Crippen molar-refractivity contribution in [1.29, 1.82) is 0 Å². The van der Waals surface area contributed by atoms with Crippen molar-refractivity contribution in [2.75, 3.05) is 6.61 Å². The molecule has 0 unspecified atom stereocenters. The topological polar surface area (TPSA) is 97.8 Å². The second-order valence-electron chi connectivity index (χ2n) is 11.7. The molecule has 7 heteroatoms. The lowest BCUT2D eigenvalue weighted by molar-refractivity contribution is -0.148. The van der Waals surface area contributed by atoms with Gasteiger partial charge in [0, 0.05) is 12.5 Å². The summed E-state index contributed by atoms with van der Waals surface area (Å²) in [5.41, 5.74) is 2.26. The largest absolute Gasteiger partial charge is 0.456 e. The SMILES string of the molecule is C=C1C[C@H](C)C[C@@H]2CCCC[C@@H](CC=CC(=O)O[C@H]([C@@H](O)C=C[C@@H]3CC(C)=CCO3)C[C@@H]3O[C@H]3[C@@H](O)C1)O2. The minimum Gasteiger partial charge on any atom is -0.456 e. The van der Waals surface area contributed by atoms with Gasteiger partial charge in [-0.3, -0.25) is 0 Å². The van der Waals surface area contributed by atoms with E-state index in [-0.39, 0.29) is 30.5 Å². The Hall–Kier alpha value is -1.77. The van der Waals surface area contributed by atoms with Crippen LogP contribution in [0.5, 0.6) is 0 Å². The highest BCUT2D eigenvalue weighted by atomic mass is 16.6. The Kier molecular flexibility index (Phi) is 10.8. The lowest BCUT2D eigenvalue weighted by Gasteiger charge is -2.25. The Morgan fingerprint density at radius 1 is 1.11 bits per heavy atom. The highest BCUT2D eigenvalue weighted by Gasteiger charge is 2.46. The molecule has 4 heterocycles. The van der Waals surface area contributed by atoms with Crippen LogP contribution in [0.15, 0.2) is 48.1 Å². The lowest BCUT2D eigenvalue weighted by atomic mass is 9.91. The summed E-state index contributed by atoms with van der Waals surface area (Å²) in [6.07, 6.45) is 14.1. The van der Waals surface area contributed by atoms with Crippen molar-refractivity contribution in [3.63, 3.8) is 0 Å². The summed E-state index contributed by atoms with van der Waals surface area (Å²) in [5.74, 6) is -0.0845. The third-order valence-corrected chi connectivity index (χ3v) is 8.04. The summed E-state index contributed by atoms with van der Waals surface area (Å²) in [7, 11) is 0. The zero-order valence-corrected chi connectivity index (χ0v) is 23.0. The second kappa shape index (κ2) is 14.0. The molecule has 4 rings (SSSR count).